The van der Waals surface area contributed by atoms with Crippen molar-refractivity contribution in [2.24, 2.45) is 0 Å². The number of aliphatic carboxylic acids is 1. The highest BCUT2D eigenvalue weighted by molar-refractivity contribution is 9.10. The van der Waals surface area contributed by atoms with Gasteiger partial charge in [0.15, 0.2) is 0 Å². The SMILES string of the molecule is CCn1cc(Br)cc1C(=O)N1CCNCC1C(=O)O. The number of hydrogen-bond donors (Lipinski definition) is 2. The normalized spacial score (nSPS) is 19.5. The van der Waals surface area contributed by atoms with Gasteiger partial charge in [-0.15, -0.1) is 0 Å². The molecular weight excluding hydrogens is 314 g/mol. The van der Waals surface area contributed by atoms with Crippen LogP contribution < -0.4 is 5.32 Å². The topological polar surface area (TPSA) is 74.6 Å². The molecule has 1 aliphatic rings. The Morgan fingerprint density at radius 1 is 1.58 bits per heavy atom. The number of rotatable bonds is 3. The van der Waals surface area contributed by atoms with Gasteiger partial charge >= 0.3 is 5.97 Å². The molecule has 1 aromatic heterocycles. The largest absolute Gasteiger partial charge is 0.480 e. The zero-order chi connectivity index (χ0) is 14.0. The van der Waals surface area contributed by atoms with Crippen LogP contribution in [0.1, 0.15) is 17.4 Å². The molecule has 104 valence electrons. The number of aryl methyl sites for hydroxylation is 1. The lowest BCUT2D eigenvalue weighted by atomic mass is 10.1. The molecule has 2 N–H and O–H groups in total. The van der Waals surface area contributed by atoms with Crippen LogP contribution >= 0.6 is 15.9 Å². The third-order valence-electron chi connectivity index (χ3n) is 3.21. The summed E-state index contributed by atoms with van der Waals surface area (Å²) in [6.07, 6.45) is 1.82. The maximum atomic E-state index is 12.5. The minimum absolute atomic E-state index is 0.235. The van der Waals surface area contributed by atoms with Gasteiger partial charge in [-0.3, -0.25) is 4.79 Å². The van der Waals surface area contributed by atoms with Gasteiger partial charge in [0.1, 0.15) is 11.7 Å². The van der Waals surface area contributed by atoms with Crippen LogP contribution in [0.2, 0.25) is 0 Å². The van der Waals surface area contributed by atoms with Crippen LogP contribution in [0.4, 0.5) is 0 Å². The molecule has 0 aromatic carbocycles. The highest BCUT2D eigenvalue weighted by Crippen LogP contribution is 2.18. The molecular formula is C12H16BrN3O3. The fourth-order valence-electron chi connectivity index (χ4n) is 2.23. The molecule has 1 saturated heterocycles. The molecule has 6 nitrogen and oxygen atoms in total. The van der Waals surface area contributed by atoms with Crippen LogP contribution in [0.5, 0.6) is 0 Å². The van der Waals surface area contributed by atoms with Crippen molar-refractivity contribution >= 4 is 27.8 Å². The molecule has 2 heterocycles. The monoisotopic (exact) mass is 329 g/mol. The van der Waals surface area contributed by atoms with Crippen molar-refractivity contribution < 1.29 is 14.7 Å². The Morgan fingerprint density at radius 3 is 2.95 bits per heavy atom. The summed E-state index contributed by atoms with van der Waals surface area (Å²) < 4.78 is 2.63. The number of amides is 1. The molecule has 1 amide bonds. The van der Waals surface area contributed by atoms with E-state index in [1.54, 1.807) is 6.07 Å². The molecule has 7 heteroatoms. The fraction of sp³-hybridized carbons (Fsp3) is 0.500. The second-order valence-corrected chi connectivity index (χ2v) is 5.30. The van der Waals surface area contributed by atoms with Gasteiger partial charge in [0.05, 0.1) is 0 Å². The van der Waals surface area contributed by atoms with E-state index in [0.717, 1.165) is 4.47 Å². The van der Waals surface area contributed by atoms with E-state index in [2.05, 4.69) is 21.2 Å². The van der Waals surface area contributed by atoms with Crippen molar-refractivity contribution in [1.82, 2.24) is 14.8 Å². The molecule has 19 heavy (non-hydrogen) atoms. The van der Waals surface area contributed by atoms with Gasteiger partial charge in [-0.1, -0.05) is 0 Å². The number of carboxylic acids is 1. The Hall–Kier alpha value is -1.34. The number of nitrogens with zero attached hydrogens (tertiary/aromatic N) is 2. The van der Waals surface area contributed by atoms with Gasteiger partial charge in [0.25, 0.3) is 5.91 Å². The average Bonchev–Trinajstić information content (AvgIpc) is 2.79. The molecule has 1 fully saturated rings. The van der Waals surface area contributed by atoms with Crippen LogP contribution in [0.15, 0.2) is 16.7 Å². The number of piperazine rings is 1. The molecule has 0 aliphatic carbocycles. The van der Waals surface area contributed by atoms with Gasteiger partial charge in [0.2, 0.25) is 0 Å². The lowest BCUT2D eigenvalue weighted by Gasteiger charge is -2.33. The molecule has 1 aliphatic heterocycles. The number of carbonyl (C=O) groups is 2. The number of halogens is 1. The quantitative estimate of drug-likeness (QED) is 0.859. The standard InChI is InChI=1S/C12H16BrN3O3/c1-2-15-7-8(13)5-9(15)11(17)16-4-3-14-6-10(16)12(18)19/h5,7,10,14H,2-4,6H2,1H3,(H,18,19). The number of hydrogen-bond acceptors (Lipinski definition) is 3. The molecule has 0 spiro atoms. The summed E-state index contributed by atoms with van der Waals surface area (Å²) in [4.78, 5) is 25.1. The van der Waals surface area contributed by atoms with Crippen molar-refractivity contribution in [2.75, 3.05) is 19.6 Å². The Bertz CT molecular complexity index is 500. The molecule has 2 rings (SSSR count). The number of carbonyl (C=O) groups excluding carboxylic acids is 1. The molecule has 1 unspecified atom stereocenters. The van der Waals surface area contributed by atoms with Crippen LogP contribution in [0, 0.1) is 0 Å². The van der Waals surface area contributed by atoms with Crippen molar-refractivity contribution in [3.05, 3.63) is 22.4 Å². The predicted octanol–water partition coefficient (Wildman–Crippen LogP) is 0.769. The Kier molecular flexibility index (Phi) is 4.26. The maximum absolute atomic E-state index is 12.5. The van der Waals surface area contributed by atoms with Gasteiger partial charge in [-0.25, -0.2) is 4.79 Å². The Labute approximate surface area is 119 Å². The van der Waals surface area contributed by atoms with Crippen molar-refractivity contribution in [3.63, 3.8) is 0 Å². The third kappa shape index (κ3) is 2.82. The van der Waals surface area contributed by atoms with Crippen molar-refractivity contribution in [2.45, 2.75) is 19.5 Å². The Morgan fingerprint density at radius 2 is 2.32 bits per heavy atom. The minimum Gasteiger partial charge on any atom is -0.480 e. The zero-order valence-electron chi connectivity index (χ0n) is 10.6. The van der Waals surface area contributed by atoms with E-state index in [4.69, 9.17) is 0 Å². The van der Waals surface area contributed by atoms with E-state index in [-0.39, 0.29) is 12.5 Å². The summed E-state index contributed by atoms with van der Waals surface area (Å²) in [6, 6.07) is 0.924. The van der Waals surface area contributed by atoms with Crippen LogP contribution in [0.3, 0.4) is 0 Å². The summed E-state index contributed by atoms with van der Waals surface area (Å²) in [6.45, 7) is 3.91. The summed E-state index contributed by atoms with van der Waals surface area (Å²) in [7, 11) is 0. The van der Waals surface area contributed by atoms with Gasteiger partial charge in [-0.2, -0.15) is 0 Å². The van der Waals surface area contributed by atoms with E-state index >= 15 is 0 Å². The van der Waals surface area contributed by atoms with Crippen molar-refractivity contribution in [1.29, 1.82) is 0 Å². The highest BCUT2D eigenvalue weighted by atomic mass is 79.9. The highest BCUT2D eigenvalue weighted by Gasteiger charge is 2.33. The van der Waals surface area contributed by atoms with Gasteiger partial charge < -0.3 is 19.9 Å². The first kappa shape index (κ1) is 14.1. The van der Waals surface area contributed by atoms with E-state index in [1.807, 2.05) is 17.7 Å². The Balaban J connectivity index is 2.28. The first-order chi connectivity index (χ1) is 9.04. The third-order valence-corrected chi connectivity index (χ3v) is 3.65. The van der Waals surface area contributed by atoms with Crippen LogP contribution in [0.25, 0.3) is 0 Å². The molecule has 0 bridgehead atoms. The predicted molar refractivity (Wildman–Crippen MR) is 73.1 cm³/mol. The average molecular weight is 330 g/mol. The lowest BCUT2D eigenvalue weighted by molar-refractivity contribution is -0.142. The second-order valence-electron chi connectivity index (χ2n) is 4.39. The van der Waals surface area contributed by atoms with E-state index in [1.165, 1.54) is 4.90 Å². The smallest absolute Gasteiger partial charge is 0.327 e. The molecule has 0 radical (unpaired) electrons. The summed E-state index contributed by atoms with van der Waals surface area (Å²) in [5, 5.41) is 12.2. The summed E-state index contributed by atoms with van der Waals surface area (Å²) in [5.74, 6) is -1.21. The molecule has 1 aromatic rings. The van der Waals surface area contributed by atoms with E-state index in [9.17, 15) is 14.7 Å². The number of nitrogens with one attached hydrogen (secondary N) is 1. The van der Waals surface area contributed by atoms with Crippen LogP contribution in [-0.2, 0) is 11.3 Å². The van der Waals surface area contributed by atoms with Crippen molar-refractivity contribution in [3.8, 4) is 0 Å². The van der Waals surface area contributed by atoms with E-state index in [0.29, 0.717) is 25.3 Å². The van der Waals surface area contributed by atoms with Gasteiger partial charge in [-0.05, 0) is 28.9 Å². The lowest BCUT2D eigenvalue weighted by Crippen LogP contribution is -2.57. The fourth-order valence-corrected chi connectivity index (χ4v) is 2.69. The summed E-state index contributed by atoms with van der Waals surface area (Å²) in [5.41, 5.74) is 0.516. The van der Waals surface area contributed by atoms with Crippen LogP contribution in [-0.4, -0.2) is 52.1 Å². The summed E-state index contributed by atoms with van der Waals surface area (Å²) >= 11 is 3.34. The van der Waals surface area contributed by atoms with E-state index < -0.39 is 12.0 Å². The molecule has 0 saturated carbocycles. The second kappa shape index (κ2) is 5.75. The maximum Gasteiger partial charge on any atom is 0.327 e. The first-order valence-electron chi connectivity index (χ1n) is 6.14. The zero-order valence-corrected chi connectivity index (χ0v) is 12.2. The number of aromatic nitrogens is 1. The minimum atomic E-state index is -0.978. The van der Waals surface area contributed by atoms with Gasteiger partial charge in [0, 0.05) is 36.8 Å². The first-order valence-corrected chi connectivity index (χ1v) is 6.94. The number of carboxylic acid groups (broad SMARTS) is 1. The molecule has 1 atom stereocenters.